The molecule has 1 heterocycles. The maximum absolute atomic E-state index is 12.2. The van der Waals surface area contributed by atoms with Gasteiger partial charge >= 0.3 is 0 Å². The van der Waals surface area contributed by atoms with Crippen molar-refractivity contribution < 1.29 is 4.79 Å². The average molecular weight is 234 g/mol. The molecule has 1 saturated carbocycles. The lowest BCUT2D eigenvalue weighted by atomic mass is 9.93. The number of carbonyl (C=O) groups is 1. The van der Waals surface area contributed by atoms with Gasteiger partial charge in [-0.3, -0.25) is 9.48 Å². The van der Waals surface area contributed by atoms with E-state index >= 15 is 0 Å². The van der Waals surface area contributed by atoms with E-state index in [-0.39, 0.29) is 5.78 Å². The fourth-order valence-corrected chi connectivity index (χ4v) is 2.81. The van der Waals surface area contributed by atoms with E-state index in [1.807, 2.05) is 20.0 Å². The maximum Gasteiger partial charge on any atom is 0.181 e. The van der Waals surface area contributed by atoms with Crippen LogP contribution in [0.15, 0.2) is 6.07 Å². The molecule has 1 fully saturated rings. The lowest BCUT2D eigenvalue weighted by Gasteiger charge is -2.12. The molecule has 94 valence electrons. The maximum atomic E-state index is 12.2. The van der Waals surface area contributed by atoms with Gasteiger partial charge < -0.3 is 0 Å². The van der Waals surface area contributed by atoms with Crippen LogP contribution >= 0.6 is 0 Å². The van der Waals surface area contributed by atoms with Gasteiger partial charge in [0.2, 0.25) is 0 Å². The van der Waals surface area contributed by atoms with Crippen LogP contribution in [0.1, 0.15) is 61.1 Å². The molecule has 1 aliphatic carbocycles. The number of ketones is 1. The van der Waals surface area contributed by atoms with Crippen molar-refractivity contribution in [1.82, 2.24) is 9.78 Å². The van der Waals surface area contributed by atoms with E-state index in [2.05, 4.69) is 5.10 Å². The Kier molecular flexibility index (Phi) is 3.97. The Hall–Kier alpha value is -1.12. The van der Waals surface area contributed by atoms with Gasteiger partial charge in [0.25, 0.3) is 0 Å². The molecule has 1 aromatic heterocycles. The molecule has 0 atom stereocenters. The van der Waals surface area contributed by atoms with E-state index in [9.17, 15) is 4.79 Å². The molecule has 0 N–H and O–H groups in total. The summed E-state index contributed by atoms with van der Waals surface area (Å²) >= 11 is 0. The minimum absolute atomic E-state index is 0.264. The first kappa shape index (κ1) is 12.3. The molecule has 1 aromatic rings. The van der Waals surface area contributed by atoms with Crippen LogP contribution in [0.2, 0.25) is 0 Å². The average Bonchev–Trinajstić information content (AvgIpc) is 2.51. The van der Waals surface area contributed by atoms with Gasteiger partial charge in [0, 0.05) is 13.5 Å². The molecule has 0 spiro atoms. The van der Waals surface area contributed by atoms with Crippen molar-refractivity contribution in [2.24, 2.45) is 13.0 Å². The first-order chi connectivity index (χ1) is 8.16. The van der Waals surface area contributed by atoms with E-state index in [1.165, 1.54) is 38.5 Å². The van der Waals surface area contributed by atoms with Crippen LogP contribution in [0.4, 0.5) is 0 Å². The van der Waals surface area contributed by atoms with E-state index in [0.717, 1.165) is 11.4 Å². The van der Waals surface area contributed by atoms with Crippen molar-refractivity contribution in [3.05, 3.63) is 17.5 Å². The molecule has 0 amide bonds. The molecule has 0 unspecified atom stereocenters. The third-order valence-corrected chi connectivity index (χ3v) is 3.74. The molecule has 0 bridgehead atoms. The summed E-state index contributed by atoms with van der Waals surface area (Å²) < 4.78 is 1.72. The number of carbonyl (C=O) groups excluding carboxylic acids is 1. The Balaban J connectivity index is 1.98. The molecule has 3 nitrogen and oxygen atoms in total. The van der Waals surface area contributed by atoms with Gasteiger partial charge in [-0.1, -0.05) is 38.5 Å². The minimum atomic E-state index is 0.264. The Labute approximate surface area is 103 Å². The van der Waals surface area contributed by atoms with Crippen molar-refractivity contribution in [2.75, 3.05) is 0 Å². The highest BCUT2D eigenvalue weighted by molar-refractivity contribution is 5.94. The Morgan fingerprint density at radius 2 is 2.00 bits per heavy atom. The van der Waals surface area contributed by atoms with Crippen molar-refractivity contribution >= 4 is 5.78 Å². The highest BCUT2D eigenvalue weighted by Gasteiger charge is 2.19. The SMILES string of the molecule is Cc1cc(C(=O)CC2CCCCCC2)n(C)n1. The van der Waals surface area contributed by atoms with E-state index < -0.39 is 0 Å². The smallest absolute Gasteiger partial charge is 0.181 e. The molecule has 17 heavy (non-hydrogen) atoms. The summed E-state index contributed by atoms with van der Waals surface area (Å²) in [5.74, 6) is 0.861. The monoisotopic (exact) mass is 234 g/mol. The molecule has 0 aliphatic heterocycles. The minimum Gasteiger partial charge on any atom is -0.292 e. The third-order valence-electron chi connectivity index (χ3n) is 3.74. The van der Waals surface area contributed by atoms with Crippen LogP contribution in [0.25, 0.3) is 0 Å². The number of hydrogen-bond acceptors (Lipinski definition) is 2. The highest BCUT2D eigenvalue weighted by atomic mass is 16.1. The van der Waals surface area contributed by atoms with Crippen LogP contribution in [0.5, 0.6) is 0 Å². The summed E-state index contributed by atoms with van der Waals surface area (Å²) in [7, 11) is 1.85. The predicted molar refractivity (Wildman–Crippen MR) is 68.1 cm³/mol. The molecule has 3 heteroatoms. The fraction of sp³-hybridized carbons (Fsp3) is 0.714. The van der Waals surface area contributed by atoms with Crippen molar-refractivity contribution in [2.45, 2.75) is 51.9 Å². The number of Topliss-reactive ketones (excluding diaryl/α,β-unsaturated/α-hetero) is 1. The van der Waals surface area contributed by atoms with Gasteiger partial charge in [0.15, 0.2) is 5.78 Å². The molecule has 2 rings (SSSR count). The van der Waals surface area contributed by atoms with Crippen molar-refractivity contribution in [3.63, 3.8) is 0 Å². The second kappa shape index (κ2) is 5.48. The molecule has 1 aliphatic rings. The van der Waals surface area contributed by atoms with Crippen molar-refractivity contribution in [1.29, 1.82) is 0 Å². The predicted octanol–water partition coefficient (Wildman–Crippen LogP) is 3.27. The van der Waals surface area contributed by atoms with Crippen LogP contribution < -0.4 is 0 Å². The topological polar surface area (TPSA) is 34.9 Å². The molecule has 0 radical (unpaired) electrons. The second-order valence-corrected chi connectivity index (χ2v) is 5.28. The summed E-state index contributed by atoms with van der Waals surface area (Å²) in [6, 6.07) is 1.90. The van der Waals surface area contributed by atoms with E-state index in [1.54, 1.807) is 4.68 Å². The normalized spacial score (nSPS) is 18.0. The van der Waals surface area contributed by atoms with Gasteiger partial charge in [-0.25, -0.2) is 0 Å². The largest absolute Gasteiger partial charge is 0.292 e. The lowest BCUT2D eigenvalue weighted by Crippen LogP contribution is -2.12. The van der Waals surface area contributed by atoms with E-state index in [4.69, 9.17) is 0 Å². The van der Waals surface area contributed by atoms with Crippen molar-refractivity contribution in [3.8, 4) is 0 Å². The number of aromatic nitrogens is 2. The molecular weight excluding hydrogens is 212 g/mol. The summed E-state index contributed by atoms with van der Waals surface area (Å²) in [6.45, 7) is 1.93. The molecule has 0 aromatic carbocycles. The summed E-state index contributed by atoms with van der Waals surface area (Å²) in [6.07, 6.45) is 8.43. The quantitative estimate of drug-likeness (QED) is 0.594. The van der Waals surface area contributed by atoms with Gasteiger partial charge in [0.05, 0.1) is 5.69 Å². The standard InChI is InChI=1S/C14H22N2O/c1-11-9-13(16(2)15-11)14(17)10-12-7-5-3-4-6-8-12/h9,12H,3-8,10H2,1-2H3. The first-order valence-electron chi connectivity index (χ1n) is 6.70. The summed E-state index contributed by atoms with van der Waals surface area (Å²) in [4.78, 5) is 12.2. The van der Waals surface area contributed by atoms with E-state index in [0.29, 0.717) is 12.3 Å². The fourth-order valence-electron chi connectivity index (χ4n) is 2.81. The number of rotatable bonds is 3. The van der Waals surface area contributed by atoms with Crippen LogP contribution in [-0.4, -0.2) is 15.6 Å². The summed E-state index contributed by atoms with van der Waals surface area (Å²) in [5.41, 5.74) is 1.70. The van der Waals surface area contributed by atoms with Crippen LogP contribution in [0, 0.1) is 12.8 Å². The molecular formula is C14H22N2O. The van der Waals surface area contributed by atoms with Crippen LogP contribution in [-0.2, 0) is 7.05 Å². The lowest BCUT2D eigenvalue weighted by molar-refractivity contribution is 0.0947. The zero-order valence-electron chi connectivity index (χ0n) is 10.9. The summed E-state index contributed by atoms with van der Waals surface area (Å²) in [5, 5.41) is 4.24. The zero-order valence-corrected chi connectivity index (χ0v) is 10.9. The zero-order chi connectivity index (χ0) is 12.3. The van der Waals surface area contributed by atoms with Gasteiger partial charge in [-0.15, -0.1) is 0 Å². The Morgan fingerprint density at radius 1 is 1.35 bits per heavy atom. The number of aryl methyl sites for hydroxylation is 2. The Morgan fingerprint density at radius 3 is 2.53 bits per heavy atom. The van der Waals surface area contributed by atoms with Gasteiger partial charge in [-0.2, -0.15) is 5.10 Å². The third kappa shape index (κ3) is 3.18. The van der Waals surface area contributed by atoms with Gasteiger partial charge in [-0.05, 0) is 18.9 Å². The second-order valence-electron chi connectivity index (χ2n) is 5.28. The highest BCUT2D eigenvalue weighted by Crippen LogP contribution is 2.26. The first-order valence-corrected chi connectivity index (χ1v) is 6.70. The van der Waals surface area contributed by atoms with Crippen LogP contribution in [0.3, 0.4) is 0 Å². The van der Waals surface area contributed by atoms with Gasteiger partial charge in [0.1, 0.15) is 5.69 Å². The number of hydrogen-bond donors (Lipinski definition) is 0. The molecule has 0 saturated heterocycles. The Bertz CT molecular complexity index is 387. The number of nitrogens with zero attached hydrogens (tertiary/aromatic N) is 2.